The Kier molecular flexibility index (Phi) is 4.06. The number of aromatic amines is 2. The van der Waals surface area contributed by atoms with Crippen LogP contribution in [0.25, 0.3) is 11.0 Å². The smallest absolute Gasteiger partial charge is 0.323 e. The summed E-state index contributed by atoms with van der Waals surface area (Å²) in [5.41, 5.74) is 1.95. The maximum atomic E-state index is 12.7. The molecule has 0 amide bonds. The number of aromatic nitrogens is 2. The molecule has 0 radical (unpaired) electrons. The second-order valence-electron chi connectivity index (χ2n) is 5.28. The van der Waals surface area contributed by atoms with Gasteiger partial charge < -0.3 is 14.7 Å². The molecule has 126 valence electrons. The predicted octanol–water partition coefficient (Wildman–Crippen LogP) is 2.23. The van der Waals surface area contributed by atoms with Crippen LogP contribution < -0.4 is 15.1 Å². The predicted molar refractivity (Wildman–Crippen MR) is 92.1 cm³/mol. The van der Waals surface area contributed by atoms with Crippen LogP contribution in [-0.2, 0) is 16.4 Å². The third-order valence-corrected chi connectivity index (χ3v) is 5.08. The van der Waals surface area contributed by atoms with Gasteiger partial charge in [-0.15, -0.1) is 0 Å². The molecule has 8 heteroatoms. The molecule has 0 saturated carbocycles. The molecule has 1 heterocycles. The topological polar surface area (TPSA) is 104 Å². The minimum absolute atomic E-state index is 0.0502. The van der Waals surface area contributed by atoms with Gasteiger partial charge in [0.25, 0.3) is 10.0 Å². The van der Waals surface area contributed by atoms with Gasteiger partial charge in [0.2, 0.25) is 0 Å². The molecule has 7 nitrogen and oxygen atoms in total. The van der Waals surface area contributed by atoms with E-state index in [1.165, 1.54) is 19.2 Å². The van der Waals surface area contributed by atoms with Gasteiger partial charge in [-0.25, -0.2) is 13.2 Å². The summed E-state index contributed by atoms with van der Waals surface area (Å²) in [6.07, 6.45) is 0.773. The van der Waals surface area contributed by atoms with Crippen molar-refractivity contribution in [2.24, 2.45) is 0 Å². The maximum absolute atomic E-state index is 12.7. The summed E-state index contributed by atoms with van der Waals surface area (Å²) in [5, 5.41) is 0. The number of fused-ring (bicyclic) bond motifs is 1. The molecule has 0 spiro atoms. The van der Waals surface area contributed by atoms with E-state index in [0.717, 1.165) is 12.0 Å². The molecule has 0 fully saturated rings. The Bertz CT molecular complexity index is 1050. The Balaban J connectivity index is 2.02. The van der Waals surface area contributed by atoms with Crippen LogP contribution in [0.15, 0.2) is 46.1 Å². The summed E-state index contributed by atoms with van der Waals surface area (Å²) in [7, 11) is -2.34. The van der Waals surface area contributed by atoms with Crippen LogP contribution in [0, 0.1) is 0 Å². The number of methoxy groups -OCH3 is 1. The second kappa shape index (κ2) is 6.04. The van der Waals surface area contributed by atoms with Crippen molar-refractivity contribution in [3.8, 4) is 5.75 Å². The molecule has 2 aromatic carbocycles. The molecule has 24 heavy (non-hydrogen) atoms. The highest BCUT2D eigenvalue weighted by Crippen LogP contribution is 2.28. The molecule has 0 aliphatic carbocycles. The van der Waals surface area contributed by atoms with Crippen molar-refractivity contribution in [3.63, 3.8) is 0 Å². The van der Waals surface area contributed by atoms with Gasteiger partial charge in [0.1, 0.15) is 5.75 Å². The number of anilines is 1. The van der Waals surface area contributed by atoms with Crippen molar-refractivity contribution in [2.75, 3.05) is 11.8 Å². The highest BCUT2D eigenvalue weighted by molar-refractivity contribution is 7.92. The van der Waals surface area contributed by atoms with Gasteiger partial charge in [-0.2, -0.15) is 0 Å². The molecule has 3 N–H and O–H groups in total. The number of H-pyrrole nitrogens is 2. The maximum Gasteiger partial charge on any atom is 0.323 e. The van der Waals surface area contributed by atoms with Crippen molar-refractivity contribution in [3.05, 3.63) is 52.4 Å². The van der Waals surface area contributed by atoms with Crippen molar-refractivity contribution in [2.45, 2.75) is 18.2 Å². The molecule has 0 aliphatic heterocycles. The average Bonchev–Trinajstić information content (AvgIpc) is 2.93. The van der Waals surface area contributed by atoms with E-state index in [1.54, 1.807) is 18.2 Å². The molecular formula is C16H17N3O4S. The number of sulfonamides is 1. The van der Waals surface area contributed by atoms with Crippen LogP contribution in [0.4, 0.5) is 5.69 Å². The lowest BCUT2D eigenvalue weighted by Gasteiger charge is -2.13. The highest BCUT2D eigenvalue weighted by Gasteiger charge is 2.18. The Hall–Kier alpha value is -2.74. The molecule has 3 rings (SSSR count). The number of nitrogens with one attached hydrogen (secondary N) is 3. The highest BCUT2D eigenvalue weighted by atomic mass is 32.2. The van der Waals surface area contributed by atoms with Crippen LogP contribution in [0.2, 0.25) is 0 Å². The molecule has 0 unspecified atom stereocenters. The van der Waals surface area contributed by atoms with Crippen LogP contribution >= 0.6 is 0 Å². The fourth-order valence-electron chi connectivity index (χ4n) is 2.44. The molecular weight excluding hydrogens is 330 g/mol. The zero-order valence-electron chi connectivity index (χ0n) is 13.2. The summed E-state index contributed by atoms with van der Waals surface area (Å²) in [6, 6.07) is 9.74. The van der Waals surface area contributed by atoms with E-state index < -0.39 is 10.0 Å². The lowest BCUT2D eigenvalue weighted by Crippen LogP contribution is -2.14. The van der Waals surface area contributed by atoms with Gasteiger partial charge in [0, 0.05) is 0 Å². The first-order valence-corrected chi connectivity index (χ1v) is 8.83. The minimum Gasteiger partial charge on any atom is -0.495 e. The van der Waals surface area contributed by atoms with E-state index in [2.05, 4.69) is 14.7 Å². The van der Waals surface area contributed by atoms with Crippen molar-refractivity contribution in [1.82, 2.24) is 9.97 Å². The normalized spacial score (nSPS) is 11.6. The third kappa shape index (κ3) is 3.00. The Labute approximate surface area is 138 Å². The number of hydrogen-bond acceptors (Lipinski definition) is 4. The first-order valence-electron chi connectivity index (χ1n) is 7.34. The summed E-state index contributed by atoms with van der Waals surface area (Å²) in [6.45, 7) is 1.98. The molecule has 0 bridgehead atoms. The summed E-state index contributed by atoms with van der Waals surface area (Å²) in [4.78, 5) is 16.5. The van der Waals surface area contributed by atoms with E-state index in [9.17, 15) is 13.2 Å². The molecule has 0 aliphatic rings. The van der Waals surface area contributed by atoms with Crippen LogP contribution in [0.3, 0.4) is 0 Å². The van der Waals surface area contributed by atoms with Gasteiger partial charge in [-0.1, -0.05) is 13.0 Å². The third-order valence-electron chi connectivity index (χ3n) is 3.71. The van der Waals surface area contributed by atoms with Crippen molar-refractivity contribution in [1.29, 1.82) is 0 Å². The quantitative estimate of drug-likeness (QED) is 0.658. The number of rotatable bonds is 5. The lowest BCUT2D eigenvalue weighted by molar-refractivity contribution is 0.416. The Morgan fingerprint density at radius 2 is 1.83 bits per heavy atom. The van der Waals surface area contributed by atoms with Crippen molar-refractivity contribution >= 4 is 26.7 Å². The van der Waals surface area contributed by atoms with Gasteiger partial charge in [-0.3, -0.25) is 4.72 Å². The van der Waals surface area contributed by atoms with Crippen molar-refractivity contribution < 1.29 is 13.2 Å². The minimum atomic E-state index is -3.82. The molecule has 0 saturated heterocycles. The van der Waals surface area contributed by atoms with E-state index in [4.69, 9.17) is 4.74 Å². The second-order valence-corrected chi connectivity index (χ2v) is 6.96. The first-order chi connectivity index (χ1) is 11.4. The Morgan fingerprint density at radius 3 is 2.54 bits per heavy atom. The SMILES string of the molecule is CCc1ccc(OC)c(NS(=O)(=O)c2ccc3[nH]c(=O)[nH]c3c2)c1. The lowest BCUT2D eigenvalue weighted by atomic mass is 10.1. The van der Waals surface area contributed by atoms with Gasteiger partial charge in [0.05, 0.1) is 28.7 Å². The number of benzene rings is 2. The summed E-state index contributed by atoms with van der Waals surface area (Å²) >= 11 is 0. The van der Waals surface area contributed by atoms with Gasteiger partial charge in [-0.05, 0) is 42.3 Å². The zero-order chi connectivity index (χ0) is 17.3. The fourth-order valence-corrected chi connectivity index (χ4v) is 3.52. The largest absolute Gasteiger partial charge is 0.495 e. The van der Waals surface area contributed by atoms with E-state index in [-0.39, 0.29) is 10.6 Å². The van der Waals surface area contributed by atoms with E-state index in [0.29, 0.717) is 22.5 Å². The number of aryl methyl sites for hydroxylation is 1. The van der Waals surface area contributed by atoms with Crippen LogP contribution in [0.5, 0.6) is 5.75 Å². The van der Waals surface area contributed by atoms with E-state index in [1.807, 2.05) is 13.0 Å². The fraction of sp³-hybridized carbons (Fsp3) is 0.188. The molecule has 1 aromatic heterocycles. The summed E-state index contributed by atoms with van der Waals surface area (Å²) < 4.78 is 33.1. The first kappa shape index (κ1) is 16.1. The van der Waals surface area contributed by atoms with Crippen LogP contribution in [0.1, 0.15) is 12.5 Å². The van der Waals surface area contributed by atoms with Crippen LogP contribution in [-0.4, -0.2) is 25.5 Å². The standard InChI is InChI=1S/C16H17N3O4S/c1-3-10-4-7-15(23-2)14(8-10)19-24(21,22)11-5-6-12-13(9-11)18-16(20)17-12/h4-9,19H,3H2,1-2H3,(H2,17,18,20). The molecule has 0 atom stereocenters. The monoisotopic (exact) mass is 347 g/mol. The van der Waals surface area contributed by atoms with Gasteiger partial charge >= 0.3 is 5.69 Å². The number of ether oxygens (including phenoxy) is 1. The number of imidazole rings is 1. The molecule has 3 aromatic rings. The number of hydrogen-bond donors (Lipinski definition) is 3. The Morgan fingerprint density at radius 1 is 1.08 bits per heavy atom. The van der Waals surface area contributed by atoms with Gasteiger partial charge in [0.15, 0.2) is 0 Å². The zero-order valence-corrected chi connectivity index (χ0v) is 14.0. The van der Waals surface area contributed by atoms with E-state index >= 15 is 0 Å². The average molecular weight is 347 g/mol. The summed E-state index contributed by atoms with van der Waals surface area (Å²) in [5.74, 6) is 0.437.